The van der Waals surface area contributed by atoms with Crippen molar-refractivity contribution in [3.05, 3.63) is 225 Å². The summed E-state index contributed by atoms with van der Waals surface area (Å²) in [5, 5.41) is 4.73. The Balaban J connectivity index is 1.13. The van der Waals surface area contributed by atoms with Crippen molar-refractivity contribution in [2.75, 3.05) is 0 Å². The molecule has 0 aliphatic heterocycles. The summed E-state index contributed by atoms with van der Waals surface area (Å²) in [6.45, 7) is 0. The molecule has 290 valence electrons. The van der Waals surface area contributed by atoms with Gasteiger partial charge in [-0.15, -0.1) is 0 Å². The van der Waals surface area contributed by atoms with Crippen LogP contribution in [0.2, 0.25) is 0 Å². The van der Waals surface area contributed by atoms with Gasteiger partial charge in [-0.2, -0.15) is 0 Å². The van der Waals surface area contributed by atoms with Crippen molar-refractivity contribution in [1.29, 1.82) is 0 Å². The molecule has 4 heterocycles. The minimum atomic E-state index is 0.753. The average Bonchev–Trinajstić information content (AvgIpc) is 3.86. The molecule has 0 unspecified atom stereocenters. The Morgan fingerprint density at radius 1 is 0.274 bits per heavy atom. The third kappa shape index (κ3) is 5.90. The van der Waals surface area contributed by atoms with E-state index >= 15 is 0 Å². The van der Waals surface area contributed by atoms with Crippen molar-refractivity contribution in [2.45, 2.75) is 0 Å². The zero-order chi connectivity index (χ0) is 41.0. The number of pyridine rings is 1. The molecule has 0 spiro atoms. The predicted octanol–water partition coefficient (Wildman–Crippen LogP) is 14.4. The normalized spacial score (nSPS) is 11.5. The van der Waals surface area contributed by atoms with Gasteiger partial charge in [0.2, 0.25) is 0 Å². The Hall–Kier alpha value is -8.41. The van der Waals surface area contributed by atoms with Gasteiger partial charge in [-0.25, -0.2) is 9.97 Å². The molecular formula is C57H37N5. The highest BCUT2D eigenvalue weighted by Gasteiger charge is 2.24. The number of aromatic nitrogens is 5. The van der Waals surface area contributed by atoms with Gasteiger partial charge in [0.25, 0.3) is 0 Å². The van der Waals surface area contributed by atoms with Crippen molar-refractivity contribution in [3.63, 3.8) is 0 Å². The largest absolute Gasteiger partial charge is 0.309 e. The van der Waals surface area contributed by atoms with Gasteiger partial charge in [0, 0.05) is 56.3 Å². The molecule has 62 heavy (non-hydrogen) atoms. The van der Waals surface area contributed by atoms with E-state index in [0.717, 1.165) is 89.3 Å². The molecule has 0 amide bonds. The standard InChI is InChI=1S/C57H37N5/c1-5-15-38(16-6-1)44-25-28-47-49-36-43(42-26-29-51-48(35-42)46-23-13-14-24-50(46)61(51)45-21-11-4-12-22-45)27-30-52(49)62(53(47)37-44)57-56(41-31-33-58-34-32-41)59-54(39-17-7-2-8-18-39)55(60-57)40-19-9-3-10-20-40/h1-37H. The fraction of sp³-hybridized carbons (Fsp3) is 0. The predicted molar refractivity (Wildman–Crippen MR) is 256 cm³/mol. The first-order valence-corrected chi connectivity index (χ1v) is 20.9. The molecule has 5 nitrogen and oxygen atoms in total. The van der Waals surface area contributed by atoms with Crippen LogP contribution in [-0.4, -0.2) is 24.1 Å². The third-order valence-corrected chi connectivity index (χ3v) is 12.0. The smallest absolute Gasteiger partial charge is 0.165 e. The molecule has 0 saturated carbocycles. The van der Waals surface area contributed by atoms with Crippen LogP contribution in [0, 0.1) is 0 Å². The summed E-state index contributed by atoms with van der Waals surface area (Å²) in [5.74, 6) is 0.753. The third-order valence-electron chi connectivity index (χ3n) is 12.0. The molecule has 0 aliphatic rings. The van der Waals surface area contributed by atoms with Crippen LogP contribution in [0.1, 0.15) is 0 Å². The average molecular weight is 792 g/mol. The van der Waals surface area contributed by atoms with Gasteiger partial charge < -0.3 is 4.57 Å². The van der Waals surface area contributed by atoms with Crippen LogP contribution in [0.15, 0.2) is 225 Å². The molecular weight excluding hydrogens is 755 g/mol. The van der Waals surface area contributed by atoms with Crippen LogP contribution in [0.25, 0.3) is 111 Å². The molecule has 0 saturated heterocycles. The van der Waals surface area contributed by atoms with E-state index in [1.807, 2.05) is 36.7 Å². The van der Waals surface area contributed by atoms with Crippen LogP contribution in [-0.2, 0) is 0 Å². The topological polar surface area (TPSA) is 48.5 Å². The second-order valence-electron chi connectivity index (χ2n) is 15.6. The lowest BCUT2D eigenvalue weighted by molar-refractivity contribution is 1.05. The molecule has 12 aromatic rings. The SMILES string of the molecule is c1ccc(-c2ccc3c4cc(-c5ccc6c(c5)c5ccccc5n6-c5ccccc5)ccc4n(-c4nc(-c5ccccc5)c(-c5ccccc5)nc4-c4ccncc4)c3c2)cc1. The molecule has 0 fully saturated rings. The lowest BCUT2D eigenvalue weighted by atomic mass is 9.99. The molecule has 0 atom stereocenters. The van der Waals surface area contributed by atoms with E-state index in [9.17, 15) is 0 Å². The Morgan fingerprint density at radius 2 is 0.742 bits per heavy atom. The molecule has 5 heteroatoms. The minimum absolute atomic E-state index is 0.753. The maximum atomic E-state index is 5.69. The van der Waals surface area contributed by atoms with Crippen molar-refractivity contribution < 1.29 is 0 Å². The van der Waals surface area contributed by atoms with Crippen LogP contribution >= 0.6 is 0 Å². The number of benzene rings is 8. The summed E-state index contributed by atoms with van der Waals surface area (Å²) in [7, 11) is 0. The number of hydrogen-bond acceptors (Lipinski definition) is 3. The zero-order valence-corrected chi connectivity index (χ0v) is 33.6. The van der Waals surface area contributed by atoms with E-state index in [0.29, 0.717) is 0 Å². The molecule has 0 N–H and O–H groups in total. The van der Waals surface area contributed by atoms with E-state index in [1.165, 1.54) is 21.8 Å². The van der Waals surface area contributed by atoms with Crippen molar-refractivity contribution >= 4 is 43.6 Å². The summed E-state index contributed by atoms with van der Waals surface area (Å²) in [6.07, 6.45) is 3.65. The number of para-hydroxylation sites is 2. The Bertz CT molecular complexity index is 3600. The minimum Gasteiger partial charge on any atom is -0.309 e. The highest BCUT2D eigenvalue weighted by molar-refractivity contribution is 6.13. The van der Waals surface area contributed by atoms with E-state index in [1.54, 1.807) is 0 Å². The number of nitrogens with zero attached hydrogens (tertiary/aromatic N) is 5. The Labute approximate surface area is 358 Å². The first-order valence-electron chi connectivity index (χ1n) is 20.9. The highest BCUT2D eigenvalue weighted by Crippen LogP contribution is 2.42. The van der Waals surface area contributed by atoms with Crippen molar-refractivity contribution in [1.82, 2.24) is 24.1 Å². The fourth-order valence-corrected chi connectivity index (χ4v) is 9.13. The Kier molecular flexibility index (Phi) is 8.42. The van der Waals surface area contributed by atoms with Gasteiger partial charge in [-0.3, -0.25) is 9.55 Å². The summed E-state index contributed by atoms with van der Waals surface area (Å²) in [4.78, 5) is 15.6. The van der Waals surface area contributed by atoms with Gasteiger partial charge in [0.1, 0.15) is 5.69 Å². The summed E-state index contributed by atoms with van der Waals surface area (Å²) in [5.41, 5.74) is 15.6. The van der Waals surface area contributed by atoms with Gasteiger partial charge in [-0.05, 0) is 82.9 Å². The summed E-state index contributed by atoms with van der Waals surface area (Å²) in [6, 6.07) is 75.3. The molecule has 8 aromatic carbocycles. The van der Waals surface area contributed by atoms with E-state index in [2.05, 4.69) is 202 Å². The van der Waals surface area contributed by atoms with E-state index < -0.39 is 0 Å². The first kappa shape index (κ1) is 35.5. The van der Waals surface area contributed by atoms with Crippen LogP contribution in [0.3, 0.4) is 0 Å². The molecule has 12 rings (SSSR count). The monoisotopic (exact) mass is 791 g/mol. The number of fused-ring (bicyclic) bond motifs is 6. The summed E-state index contributed by atoms with van der Waals surface area (Å²) >= 11 is 0. The Morgan fingerprint density at radius 3 is 1.39 bits per heavy atom. The number of rotatable bonds is 7. The highest BCUT2D eigenvalue weighted by atomic mass is 15.1. The second-order valence-corrected chi connectivity index (χ2v) is 15.6. The van der Waals surface area contributed by atoms with E-state index in [-0.39, 0.29) is 0 Å². The van der Waals surface area contributed by atoms with Gasteiger partial charge in [0.15, 0.2) is 5.82 Å². The second kappa shape index (κ2) is 14.7. The van der Waals surface area contributed by atoms with Gasteiger partial charge in [-0.1, -0.05) is 152 Å². The van der Waals surface area contributed by atoms with Crippen LogP contribution in [0.5, 0.6) is 0 Å². The van der Waals surface area contributed by atoms with Crippen molar-refractivity contribution in [2.24, 2.45) is 0 Å². The van der Waals surface area contributed by atoms with Gasteiger partial charge >= 0.3 is 0 Å². The lowest BCUT2D eigenvalue weighted by Crippen LogP contribution is -2.06. The van der Waals surface area contributed by atoms with Crippen molar-refractivity contribution in [3.8, 4) is 67.5 Å². The maximum absolute atomic E-state index is 5.69. The fourth-order valence-electron chi connectivity index (χ4n) is 9.13. The molecule has 4 aromatic heterocycles. The first-order chi connectivity index (χ1) is 30.8. The van der Waals surface area contributed by atoms with Crippen LogP contribution in [0.4, 0.5) is 0 Å². The summed E-state index contributed by atoms with van der Waals surface area (Å²) < 4.78 is 4.69. The van der Waals surface area contributed by atoms with Gasteiger partial charge in [0.05, 0.1) is 33.5 Å². The maximum Gasteiger partial charge on any atom is 0.165 e. The molecule has 0 bridgehead atoms. The lowest BCUT2D eigenvalue weighted by Gasteiger charge is -2.18. The molecule has 0 aliphatic carbocycles. The quantitative estimate of drug-likeness (QED) is 0.162. The molecule has 0 radical (unpaired) electrons. The zero-order valence-electron chi connectivity index (χ0n) is 33.6. The number of hydrogen-bond donors (Lipinski definition) is 0. The van der Waals surface area contributed by atoms with E-state index in [4.69, 9.17) is 9.97 Å². The van der Waals surface area contributed by atoms with Crippen LogP contribution < -0.4 is 0 Å².